The van der Waals surface area contributed by atoms with E-state index in [9.17, 15) is 14.4 Å². The number of aromatic nitrogens is 1. The molecule has 9 nitrogen and oxygen atoms in total. The number of rotatable bonds is 6. The van der Waals surface area contributed by atoms with Crippen LogP contribution < -0.4 is 10.6 Å². The normalized spacial score (nSPS) is 15.5. The van der Waals surface area contributed by atoms with Crippen LogP contribution in [0.15, 0.2) is 54.4 Å². The van der Waals surface area contributed by atoms with Crippen molar-refractivity contribution in [3.63, 3.8) is 0 Å². The molecule has 4 N–H and O–H groups in total. The fraction of sp³-hybridized carbons (Fsp3) is 0.130. The highest BCUT2D eigenvalue weighted by atomic mass is 35.5. The number of aromatic amines is 1. The van der Waals surface area contributed by atoms with Gasteiger partial charge in [0.2, 0.25) is 5.91 Å². The lowest BCUT2D eigenvalue weighted by atomic mass is 10.0. The molecule has 0 bridgehead atoms. The number of fused-ring (bicyclic) bond motifs is 1. The van der Waals surface area contributed by atoms with Gasteiger partial charge in [-0.2, -0.15) is 5.26 Å². The molecule has 0 aliphatic carbocycles. The largest absolute Gasteiger partial charge is 0.395 e. The van der Waals surface area contributed by atoms with Crippen LogP contribution in [0.1, 0.15) is 22.7 Å². The number of amides is 4. The van der Waals surface area contributed by atoms with E-state index >= 15 is 0 Å². The van der Waals surface area contributed by atoms with Crippen LogP contribution in [0.3, 0.4) is 0 Å². The molecule has 1 aromatic heterocycles. The number of nitrogens with one attached hydrogen (secondary N) is 3. The molecular formula is C23H18ClN5O4. The SMILES string of the molecule is N#Cc1ccc(C(C(=O)NCCO)N2C(=O)NC(=Cc3c[nH]c4cc(Cl)ccc34)C2=O)cc1. The van der Waals surface area contributed by atoms with Crippen molar-refractivity contribution in [2.45, 2.75) is 6.04 Å². The van der Waals surface area contributed by atoms with Crippen LogP contribution in [0.4, 0.5) is 4.79 Å². The number of imide groups is 1. The van der Waals surface area contributed by atoms with E-state index in [2.05, 4.69) is 15.6 Å². The third-order valence-electron chi connectivity index (χ3n) is 5.16. The Bertz CT molecular complexity index is 1320. The molecule has 1 aliphatic rings. The number of aliphatic hydroxyl groups is 1. The summed E-state index contributed by atoms with van der Waals surface area (Å²) in [5, 5.41) is 24.5. The van der Waals surface area contributed by atoms with Crippen LogP contribution in [-0.4, -0.2) is 46.0 Å². The van der Waals surface area contributed by atoms with E-state index in [1.54, 1.807) is 24.4 Å². The van der Waals surface area contributed by atoms with E-state index in [0.717, 1.165) is 15.8 Å². The standard InChI is InChI=1S/C23H18ClN5O4/c24-16-5-6-17-15(12-27-18(17)10-16)9-19-22(32)29(23(33)28-19)20(21(31)26-7-8-30)14-3-1-13(11-25)2-4-14/h1-6,9-10,12,20,27,30H,7-8H2,(H,26,31)(H,28,33). The van der Waals surface area contributed by atoms with Gasteiger partial charge in [0.15, 0.2) is 0 Å². The third kappa shape index (κ3) is 4.30. The first kappa shape index (κ1) is 22.1. The Morgan fingerprint density at radius 3 is 2.70 bits per heavy atom. The van der Waals surface area contributed by atoms with Gasteiger partial charge in [-0.15, -0.1) is 0 Å². The zero-order chi connectivity index (χ0) is 23.5. The third-order valence-corrected chi connectivity index (χ3v) is 5.39. The minimum absolute atomic E-state index is 0.00412. The maximum absolute atomic E-state index is 13.2. The first-order valence-electron chi connectivity index (χ1n) is 9.94. The summed E-state index contributed by atoms with van der Waals surface area (Å²) < 4.78 is 0. The quantitative estimate of drug-likeness (QED) is 0.328. The van der Waals surface area contributed by atoms with Crippen LogP contribution in [0, 0.1) is 11.3 Å². The monoisotopic (exact) mass is 463 g/mol. The van der Waals surface area contributed by atoms with Crippen molar-refractivity contribution in [1.82, 2.24) is 20.5 Å². The molecule has 1 atom stereocenters. The summed E-state index contributed by atoms with van der Waals surface area (Å²) in [5.41, 5.74) is 2.14. The van der Waals surface area contributed by atoms with Crippen LogP contribution >= 0.6 is 11.6 Å². The Kier molecular flexibility index (Phi) is 6.13. The van der Waals surface area contributed by atoms with E-state index in [0.29, 0.717) is 21.7 Å². The predicted octanol–water partition coefficient (Wildman–Crippen LogP) is 2.44. The molecule has 0 saturated carbocycles. The molecule has 166 valence electrons. The van der Waals surface area contributed by atoms with Gasteiger partial charge in [-0.05, 0) is 35.9 Å². The van der Waals surface area contributed by atoms with Gasteiger partial charge in [0.25, 0.3) is 5.91 Å². The topological polar surface area (TPSA) is 138 Å². The summed E-state index contributed by atoms with van der Waals surface area (Å²) >= 11 is 6.01. The molecule has 0 spiro atoms. The molecule has 1 unspecified atom stereocenters. The summed E-state index contributed by atoms with van der Waals surface area (Å²) in [6.07, 6.45) is 3.20. The molecule has 0 radical (unpaired) electrons. The average molecular weight is 464 g/mol. The molecule has 33 heavy (non-hydrogen) atoms. The van der Waals surface area contributed by atoms with Gasteiger partial charge in [0, 0.05) is 34.2 Å². The summed E-state index contributed by atoms with van der Waals surface area (Å²) in [7, 11) is 0. The van der Waals surface area contributed by atoms with Gasteiger partial charge in [-0.3, -0.25) is 9.59 Å². The second kappa shape index (κ2) is 9.16. The van der Waals surface area contributed by atoms with Crippen molar-refractivity contribution in [1.29, 1.82) is 5.26 Å². The van der Waals surface area contributed by atoms with E-state index in [1.165, 1.54) is 30.3 Å². The highest BCUT2D eigenvalue weighted by molar-refractivity contribution is 6.31. The number of nitrogens with zero attached hydrogens (tertiary/aromatic N) is 2. The fourth-order valence-corrected chi connectivity index (χ4v) is 3.78. The summed E-state index contributed by atoms with van der Waals surface area (Å²) in [5.74, 6) is -1.32. The smallest absolute Gasteiger partial charge is 0.330 e. The van der Waals surface area contributed by atoms with Crippen LogP contribution in [0.2, 0.25) is 5.02 Å². The number of hydrogen-bond acceptors (Lipinski definition) is 5. The molecule has 1 fully saturated rings. The number of urea groups is 1. The highest BCUT2D eigenvalue weighted by Crippen LogP contribution is 2.29. The minimum atomic E-state index is -1.29. The second-order valence-corrected chi connectivity index (χ2v) is 7.68. The zero-order valence-corrected chi connectivity index (χ0v) is 17.9. The van der Waals surface area contributed by atoms with Crippen molar-refractivity contribution in [2.75, 3.05) is 13.2 Å². The average Bonchev–Trinajstić information content (AvgIpc) is 3.33. The Hall–Kier alpha value is -4.13. The zero-order valence-electron chi connectivity index (χ0n) is 17.1. The Morgan fingerprint density at radius 1 is 1.24 bits per heavy atom. The van der Waals surface area contributed by atoms with Crippen LogP contribution in [-0.2, 0) is 9.59 Å². The van der Waals surface area contributed by atoms with Crippen molar-refractivity contribution in [2.24, 2.45) is 0 Å². The minimum Gasteiger partial charge on any atom is -0.395 e. The number of carbonyl (C=O) groups is 3. The van der Waals surface area contributed by atoms with E-state index in [-0.39, 0.29) is 18.8 Å². The molecule has 2 aromatic carbocycles. The summed E-state index contributed by atoms with van der Waals surface area (Å²) in [4.78, 5) is 42.8. The summed E-state index contributed by atoms with van der Waals surface area (Å²) in [6.45, 7) is -0.350. The fourth-order valence-electron chi connectivity index (χ4n) is 3.61. The number of H-pyrrole nitrogens is 1. The number of nitriles is 1. The molecule has 3 aromatic rings. The van der Waals surface area contributed by atoms with Crippen molar-refractivity contribution >= 4 is 46.4 Å². The van der Waals surface area contributed by atoms with Gasteiger partial charge in [0.05, 0.1) is 18.2 Å². The van der Waals surface area contributed by atoms with E-state index in [1.807, 2.05) is 6.07 Å². The molecule has 1 aliphatic heterocycles. The molecular weight excluding hydrogens is 446 g/mol. The van der Waals surface area contributed by atoms with Crippen molar-refractivity contribution in [3.8, 4) is 6.07 Å². The first-order chi connectivity index (χ1) is 15.9. The lowest BCUT2D eigenvalue weighted by Gasteiger charge is -2.24. The second-order valence-electron chi connectivity index (χ2n) is 7.25. The van der Waals surface area contributed by atoms with Gasteiger partial charge in [0.1, 0.15) is 11.7 Å². The lowest BCUT2D eigenvalue weighted by molar-refractivity contribution is -0.133. The molecule has 4 amide bonds. The van der Waals surface area contributed by atoms with Crippen LogP contribution in [0.25, 0.3) is 17.0 Å². The number of halogens is 1. The Balaban J connectivity index is 1.70. The predicted molar refractivity (Wildman–Crippen MR) is 121 cm³/mol. The van der Waals surface area contributed by atoms with E-state index < -0.39 is 23.9 Å². The maximum atomic E-state index is 13.2. The number of aliphatic hydroxyl groups excluding tert-OH is 1. The number of carbonyl (C=O) groups excluding carboxylic acids is 3. The Labute approximate surface area is 193 Å². The highest BCUT2D eigenvalue weighted by Gasteiger charge is 2.42. The Morgan fingerprint density at radius 2 is 2.00 bits per heavy atom. The van der Waals surface area contributed by atoms with Crippen molar-refractivity contribution in [3.05, 3.63) is 76.1 Å². The van der Waals surface area contributed by atoms with Gasteiger partial charge in [-0.1, -0.05) is 29.8 Å². The molecule has 10 heteroatoms. The summed E-state index contributed by atoms with van der Waals surface area (Å²) in [6, 6.07) is 11.2. The molecule has 4 rings (SSSR count). The first-order valence-corrected chi connectivity index (χ1v) is 10.3. The number of hydrogen-bond donors (Lipinski definition) is 4. The van der Waals surface area contributed by atoms with Crippen LogP contribution in [0.5, 0.6) is 0 Å². The molecule has 2 heterocycles. The lowest BCUT2D eigenvalue weighted by Crippen LogP contribution is -2.44. The van der Waals surface area contributed by atoms with E-state index in [4.69, 9.17) is 22.0 Å². The van der Waals surface area contributed by atoms with Gasteiger partial charge >= 0.3 is 6.03 Å². The number of benzene rings is 2. The van der Waals surface area contributed by atoms with Gasteiger partial charge < -0.3 is 20.7 Å². The van der Waals surface area contributed by atoms with Gasteiger partial charge in [-0.25, -0.2) is 9.69 Å². The maximum Gasteiger partial charge on any atom is 0.330 e. The molecule has 1 saturated heterocycles. The van der Waals surface area contributed by atoms with Crippen molar-refractivity contribution < 1.29 is 19.5 Å².